The number of nitrogens with zero attached hydrogens (tertiary/aromatic N) is 3. The van der Waals surface area contributed by atoms with Gasteiger partial charge in [0.05, 0.1) is 14.2 Å². The van der Waals surface area contributed by atoms with Crippen LogP contribution in [-0.4, -0.2) is 20.8 Å². The lowest BCUT2D eigenvalue weighted by molar-refractivity contribution is 0.394. The molecule has 5 nitrogen and oxygen atoms in total. The van der Waals surface area contributed by atoms with Crippen molar-refractivity contribution in [1.29, 1.82) is 0 Å². The van der Waals surface area contributed by atoms with E-state index in [4.69, 9.17) is 15.0 Å². The highest BCUT2D eigenvalue weighted by molar-refractivity contribution is 5.55. The molecule has 0 bridgehead atoms. The molecule has 0 N–H and O–H groups in total. The number of hydrogen-bond donors (Lipinski definition) is 0. The molecular weight excluding hydrogens is 206 g/mol. The van der Waals surface area contributed by atoms with Crippen LogP contribution in [0.4, 0.5) is 0 Å². The van der Waals surface area contributed by atoms with Gasteiger partial charge in [0, 0.05) is 17.5 Å². The molecule has 0 aromatic heterocycles. The van der Waals surface area contributed by atoms with Crippen LogP contribution in [0, 0.1) is 0 Å². The second kappa shape index (κ2) is 6.37. The lowest BCUT2D eigenvalue weighted by Gasteiger charge is -2.05. The van der Waals surface area contributed by atoms with Gasteiger partial charge in [0.25, 0.3) is 0 Å². The van der Waals surface area contributed by atoms with Gasteiger partial charge in [-0.1, -0.05) is 17.3 Å². The van der Waals surface area contributed by atoms with Crippen LogP contribution >= 0.6 is 0 Å². The summed E-state index contributed by atoms with van der Waals surface area (Å²) >= 11 is 0. The fourth-order valence-corrected chi connectivity index (χ4v) is 1.20. The highest BCUT2D eigenvalue weighted by atomic mass is 16.5. The number of rotatable bonds is 5. The summed E-state index contributed by atoms with van der Waals surface area (Å²) in [4.78, 5) is 2.66. The zero-order valence-corrected chi connectivity index (χ0v) is 9.25. The van der Waals surface area contributed by atoms with E-state index in [1.165, 1.54) is 0 Å². The van der Waals surface area contributed by atoms with Crippen molar-refractivity contribution in [3.63, 3.8) is 0 Å². The molecule has 0 unspecified atom stereocenters. The van der Waals surface area contributed by atoms with Crippen molar-refractivity contribution in [2.45, 2.75) is 0 Å². The van der Waals surface area contributed by atoms with Crippen molar-refractivity contribution in [1.82, 2.24) is 0 Å². The Morgan fingerprint density at radius 1 is 1.25 bits per heavy atom. The maximum atomic E-state index is 8.11. The SMILES string of the molecule is COc1cc(C=CCN=[N+]=[N-])cc(OC)c1. The molecule has 0 aliphatic carbocycles. The first-order chi connectivity index (χ1) is 7.80. The number of hydrogen-bond acceptors (Lipinski definition) is 3. The molecule has 16 heavy (non-hydrogen) atoms. The molecular formula is C11H13N3O2. The highest BCUT2D eigenvalue weighted by Gasteiger charge is 1.98. The Morgan fingerprint density at radius 2 is 1.88 bits per heavy atom. The molecule has 1 aromatic carbocycles. The van der Waals surface area contributed by atoms with Crippen molar-refractivity contribution in [3.05, 3.63) is 40.3 Å². The fraction of sp³-hybridized carbons (Fsp3) is 0.273. The van der Waals surface area contributed by atoms with Crippen molar-refractivity contribution in [2.75, 3.05) is 20.8 Å². The van der Waals surface area contributed by atoms with Gasteiger partial charge in [0.2, 0.25) is 0 Å². The van der Waals surface area contributed by atoms with E-state index in [2.05, 4.69) is 10.0 Å². The number of methoxy groups -OCH3 is 2. The first kappa shape index (κ1) is 11.9. The predicted molar refractivity (Wildman–Crippen MR) is 62.6 cm³/mol. The summed E-state index contributed by atoms with van der Waals surface area (Å²) in [6.07, 6.45) is 3.62. The number of azide groups is 1. The average Bonchev–Trinajstić information content (AvgIpc) is 2.34. The highest BCUT2D eigenvalue weighted by Crippen LogP contribution is 2.23. The van der Waals surface area contributed by atoms with Crippen LogP contribution in [0.5, 0.6) is 11.5 Å². The summed E-state index contributed by atoms with van der Waals surface area (Å²) in [7, 11) is 3.20. The third-order valence-corrected chi connectivity index (χ3v) is 1.93. The molecule has 0 fully saturated rings. The molecule has 0 heterocycles. The van der Waals surface area contributed by atoms with Gasteiger partial charge in [-0.15, -0.1) is 0 Å². The molecule has 0 aliphatic rings. The van der Waals surface area contributed by atoms with Gasteiger partial charge in [-0.25, -0.2) is 0 Å². The van der Waals surface area contributed by atoms with Crippen LogP contribution in [-0.2, 0) is 0 Å². The lowest BCUT2D eigenvalue weighted by Crippen LogP contribution is -1.88. The van der Waals surface area contributed by atoms with Gasteiger partial charge < -0.3 is 9.47 Å². The van der Waals surface area contributed by atoms with Crippen molar-refractivity contribution in [3.8, 4) is 11.5 Å². The molecule has 0 aliphatic heterocycles. The molecule has 0 saturated heterocycles. The summed E-state index contributed by atoms with van der Waals surface area (Å²) in [6, 6.07) is 5.54. The summed E-state index contributed by atoms with van der Waals surface area (Å²) in [6.45, 7) is 0.329. The van der Waals surface area contributed by atoms with Crippen LogP contribution in [0.1, 0.15) is 5.56 Å². The van der Waals surface area contributed by atoms with Gasteiger partial charge in [-0.3, -0.25) is 0 Å². The van der Waals surface area contributed by atoms with Crippen LogP contribution in [0.3, 0.4) is 0 Å². The molecule has 0 amide bonds. The smallest absolute Gasteiger partial charge is 0.123 e. The summed E-state index contributed by atoms with van der Waals surface area (Å²) in [5.41, 5.74) is 9.05. The Morgan fingerprint density at radius 3 is 2.38 bits per heavy atom. The van der Waals surface area contributed by atoms with Gasteiger partial charge in [-0.05, 0) is 23.2 Å². The summed E-state index contributed by atoms with van der Waals surface area (Å²) < 4.78 is 10.3. The normalized spacial score (nSPS) is 9.88. The lowest BCUT2D eigenvalue weighted by atomic mass is 10.2. The Labute approximate surface area is 93.9 Å². The second-order valence-corrected chi connectivity index (χ2v) is 2.96. The van der Waals surface area contributed by atoms with E-state index in [0.717, 1.165) is 17.1 Å². The molecule has 0 saturated carbocycles. The predicted octanol–water partition coefficient (Wildman–Crippen LogP) is 3.03. The third-order valence-electron chi connectivity index (χ3n) is 1.93. The summed E-state index contributed by atoms with van der Waals surface area (Å²) in [5.74, 6) is 1.45. The monoisotopic (exact) mass is 219 g/mol. The molecule has 0 spiro atoms. The van der Waals surface area contributed by atoms with E-state index in [9.17, 15) is 0 Å². The Kier molecular flexibility index (Phi) is 4.76. The Hall–Kier alpha value is -2.13. The Balaban J connectivity index is 2.86. The summed E-state index contributed by atoms with van der Waals surface area (Å²) in [5, 5.41) is 3.40. The zero-order chi connectivity index (χ0) is 11.8. The van der Waals surface area contributed by atoms with E-state index in [1.54, 1.807) is 26.4 Å². The molecule has 0 atom stereocenters. The van der Waals surface area contributed by atoms with Crippen LogP contribution in [0.25, 0.3) is 16.5 Å². The van der Waals surface area contributed by atoms with Crippen LogP contribution in [0.2, 0.25) is 0 Å². The third kappa shape index (κ3) is 3.55. The van der Waals surface area contributed by atoms with E-state index in [0.29, 0.717) is 6.54 Å². The van der Waals surface area contributed by atoms with Crippen molar-refractivity contribution >= 4 is 6.08 Å². The van der Waals surface area contributed by atoms with Crippen LogP contribution in [0.15, 0.2) is 29.4 Å². The molecule has 5 heteroatoms. The quantitative estimate of drug-likeness (QED) is 0.434. The van der Waals surface area contributed by atoms with Gasteiger partial charge in [0.1, 0.15) is 11.5 Å². The maximum Gasteiger partial charge on any atom is 0.123 e. The molecule has 1 rings (SSSR count). The van der Waals surface area contributed by atoms with E-state index in [1.807, 2.05) is 18.2 Å². The first-order valence-electron chi connectivity index (χ1n) is 4.70. The largest absolute Gasteiger partial charge is 0.497 e. The molecule has 84 valence electrons. The minimum absolute atomic E-state index is 0.329. The number of ether oxygens (including phenoxy) is 2. The minimum atomic E-state index is 0.329. The van der Waals surface area contributed by atoms with Crippen molar-refractivity contribution < 1.29 is 9.47 Å². The fourth-order valence-electron chi connectivity index (χ4n) is 1.20. The van der Waals surface area contributed by atoms with E-state index in [-0.39, 0.29) is 0 Å². The molecule has 0 radical (unpaired) electrons. The first-order valence-corrected chi connectivity index (χ1v) is 4.70. The molecule has 1 aromatic rings. The van der Waals surface area contributed by atoms with Gasteiger partial charge >= 0.3 is 0 Å². The van der Waals surface area contributed by atoms with Crippen molar-refractivity contribution in [2.24, 2.45) is 5.11 Å². The number of benzene rings is 1. The second-order valence-electron chi connectivity index (χ2n) is 2.96. The van der Waals surface area contributed by atoms with E-state index >= 15 is 0 Å². The van der Waals surface area contributed by atoms with Crippen LogP contribution < -0.4 is 9.47 Å². The minimum Gasteiger partial charge on any atom is -0.497 e. The zero-order valence-electron chi connectivity index (χ0n) is 9.25. The Bertz CT molecular complexity index is 401. The van der Waals surface area contributed by atoms with Gasteiger partial charge in [0.15, 0.2) is 0 Å². The average molecular weight is 219 g/mol. The van der Waals surface area contributed by atoms with E-state index < -0.39 is 0 Å². The standard InChI is InChI=1S/C11H13N3O2/c1-15-10-6-9(4-3-5-13-14-12)7-11(8-10)16-2/h3-4,6-8H,5H2,1-2H3. The topological polar surface area (TPSA) is 67.2 Å². The maximum absolute atomic E-state index is 8.11. The van der Waals surface area contributed by atoms with Gasteiger partial charge in [-0.2, -0.15) is 0 Å².